The molecule has 0 bridgehead atoms. The Kier molecular flexibility index (Phi) is 3.72. The van der Waals surface area contributed by atoms with Gasteiger partial charge in [-0.2, -0.15) is 0 Å². The van der Waals surface area contributed by atoms with Crippen molar-refractivity contribution in [2.24, 2.45) is 0 Å². The highest BCUT2D eigenvalue weighted by atomic mass is 32.1. The molecule has 0 saturated carbocycles. The lowest BCUT2D eigenvalue weighted by atomic mass is 9.94. The number of thiophene rings is 1. The zero-order chi connectivity index (χ0) is 15.0. The summed E-state index contributed by atoms with van der Waals surface area (Å²) < 4.78 is 0. The molecule has 0 radical (unpaired) electrons. The Morgan fingerprint density at radius 1 is 1.19 bits per heavy atom. The first-order valence-electron chi connectivity index (χ1n) is 7.27. The number of nitrogens with one attached hydrogen (secondary N) is 1. The Bertz CT molecular complexity index is 680. The number of hydrogen-bond donors (Lipinski definition) is 2. The van der Waals surface area contributed by atoms with E-state index in [1.165, 1.54) is 24.0 Å². The van der Waals surface area contributed by atoms with Gasteiger partial charge in [0.05, 0.1) is 4.88 Å². The molecular formula is C17H19NO2S. The summed E-state index contributed by atoms with van der Waals surface area (Å²) in [4.78, 5) is 13.3. The summed E-state index contributed by atoms with van der Waals surface area (Å²) in [7, 11) is 0. The van der Waals surface area contributed by atoms with Crippen LogP contribution in [0.1, 0.15) is 44.8 Å². The van der Waals surface area contributed by atoms with Gasteiger partial charge in [-0.3, -0.25) is 4.79 Å². The van der Waals surface area contributed by atoms with E-state index >= 15 is 0 Å². The minimum Gasteiger partial charge on any atom is -0.507 e. The van der Waals surface area contributed by atoms with Gasteiger partial charge >= 0.3 is 0 Å². The number of phenols is 1. The van der Waals surface area contributed by atoms with E-state index in [9.17, 15) is 9.90 Å². The van der Waals surface area contributed by atoms with E-state index < -0.39 is 0 Å². The van der Waals surface area contributed by atoms with Crippen LogP contribution in [-0.4, -0.2) is 11.0 Å². The topological polar surface area (TPSA) is 49.3 Å². The maximum absolute atomic E-state index is 12.5. The number of amides is 1. The van der Waals surface area contributed by atoms with Crippen LogP contribution in [0.2, 0.25) is 0 Å². The fraction of sp³-hybridized carbons (Fsp3) is 0.353. The molecule has 4 heteroatoms. The third-order valence-corrected chi connectivity index (χ3v) is 5.13. The van der Waals surface area contributed by atoms with Gasteiger partial charge in [0, 0.05) is 5.69 Å². The molecule has 1 aliphatic carbocycles. The SMILES string of the molecule is Cc1cc(NC(=O)c2scc3c2CCCC3)cc(C)c1O. The van der Waals surface area contributed by atoms with E-state index in [0.29, 0.717) is 5.75 Å². The molecule has 1 amide bonds. The zero-order valence-electron chi connectivity index (χ0n) is 12.3. The van der Waals surface area contributed by atoms with Crippen LogP contribution in [0.4, 0.5) is 5.69 Å². The fourth-order valence-electron chi connectivity index (χ4n) is 2.93. The summed E-state index contributed by atoms with van der Waals surface area (Å²) >= 11 is 1.54. The number of rotatable bonds is 2. The molecule has 2 aromatic rings. The summed E-state index contributed by atoms with van der Waals surface area (Å²) in [5.74, 6) is 0.258. The monoisotopic (exact) mass is 301 g/mol. The van der Waals surface area contributed by atoms with Gasteiger partial charge < -0.3 is 10.4 Å². The molecule has 21 heavy (non-hydrogen) atoms. The lowest BCUT2D eigenvalue weighted by Crippen LogP contribution is -2.14. The van der Waals surface area contributed by atoms with Crippen molar-refractivity contribution in [3.8, 4) is 5.75 Å². The van der Waals surface area contributed by atoms with Crippen LogP contribution in [-0.2, 0) is 12.8 Å². The van der Waals surface area contributed by atoms with E-state index in [4.69, 9.17) is 0 Å². The van der Waals surface area contributed by atoms with Crippen LogP contribution in [0.25, 0.3) is 0 Å². The van der Waals surface area contributed by atoms with Crippen molar-refractivity contribution in [1.82, 2.24) is 0 Å². The second-order valence-electron chi connectivity index (χ2n) is 5.69. The van der Waals surface area contributed by atoms with E-state index in [-0.39, 0.29) is 5.91 Å². The first-order chi connectivity index (χ1) is 10.1. The molecule has 3 rings (SSSR count). The maximum Gasteiger partial charge on any atom is 0.266 e. The number of aromatic hydroxyl groups is 1. The van der Waals surface area contributed by atoms with Crippen LogP contribution in [0.15, 0.2) is 17.5 Å². The molecule has 0 atom stereocenters. The number of carbonyl (C=O) groups excluding carboxylic acids is 1. The molecule has 1 aromatic heterocycles. The number of benzene rings is 1. The quantitative estimate of drug-likeness (QED) is 0.817. The molecule has 0 spiro atoms. The normalized spacial score (nSPS) is 13.8. The van der Waals surface area contributed by atoms with E-state index in [1.54, 1.807) is 23.5 Å². The average Bonchev–Trinajstić information content (AvgIpc) is 2.88. The van der Waals surface area contributed by atoms with E-state index in [1.807, 2.05) is 13.8 Å². The second kappa shape index (κ2) is 5.53. The highest BCUT2D eigenvalue weighted by Crippen LogP contribution is 2.31. The Hall–Kier alpha value is -1.81. The zero-order valence-corrected chi connectivity index (χ0v) is 13.1. The smallest absolute Gasteiger partial charge is 0.266 e. The van der Waals surface area contributed by atoms with Crippen LogP contribution in [0.3, 0.4) is 0 Å². The maximum atomic E-state index is 12.5. The lowest BCUT2D eigenvalue weighted by molar-refractivity contribution is 0.102. The van der Waals surface area contributed by atoms with E-state index in [2.05, 4.69) is 10.7 Å². The molecule has 1 heterocycles. The van der Waals surface area contributed by atoms with Gasteiger partial charge in [0.2, 0.25) is 0 Å². The Labute approximate surface area is 128 Å². The molecule has 110 valence electrons. The van der Waals surface area contributed by atoms with Crippen molar-refractivity contribution in [1.29, 1.82) is 0 Å². The molecule has 0 fully saturated rings. The number of fused-ring (bicyclic) bond motifs is 1. The van der Waals surface area contributed by atoms with Gasteiger partial charge in [0.1, 0.15) is 5.75 Å². The number of aryl methyl sites for hydroxylation is 3. The molecule has 0 saturated heterocycles. The highest BCUT2D eigenvalue weighted by Gasteiger charge is 2.20. The summed E-state index contributed by atoms with van der Waals surface area (Å²) in [6.45, 7) is 3.68. The van der Waals surface area contributed by atoms with Gasteiger partial charge in [0.15, 0.2) is 0 Å². The standard InChI is InChI=1S/C17H19NO2S/c1-10-7-13(8-11(2)15(10)19)18-17(20)16-14-6-4-3-5-12(14)9-21-16/h7-9,19H,3-6H2,1-2H3,(H,18,20). The third-order valence-electron chi connectivity index (χ3n) is 4.06. The van der Waals surface area contributed by atoms with Gasteiger partial charge in [-0.1, -0.05) is 0 Å². The van der Waals surface area contributed by atoms with Crippen molar-refractivity contribution in [3.63, 3.8) is 0 Å². The van der Waals surface area contributed by atoms with Gasteiger partial charge in [-0.15, -0.1) is 11.3 Å². The van der Waals surface area contributed by atoms with Crippen LogP contribution in [0, 0.1) is 13.8 Å². The number of hydrogen-bond acceptors (Lipinski definition) is 3. The fourth-order valence-corrected chi connectivity index (χ4v) is 3.98. The summed E-state index contributed by atoms with van der Waals surface area (Å²) in [5, 5.41) is 14.9. The Balaban J connectivity index is 1.85. The number of anilines is 1. The molecule has 3 nitrogen and oxygen atoms in total. The van der Waals surface area contributed by atoms with Crippen molar-refractivity contribution < 1.29 is 9.90 Å². The summed E-state index contributed by atoms with van der Waals surface area (Å²) in [5.41, 5.74) is 4.87. The Morgan fingerprint density at radius 2 is 1.86 bits per heavy atom. The van der Waals surface area contributed by atoms with Crippen molar-refractivity contribution in [2.75, 3.05) is 5.32 Å². The van der Waals surface area contributed by atoms with Crippen molar-refractivity contribution in [2.45, 2.75) is 39.5 Å². The predicted molar refractivity (Wildman–Crippen MR) is 86.5 cm³/mol. The second-order valence-corrected chi connectivity index (χ2v) is 6.57. The lowest BCUT2D eigenvalue weighted by Gasteiger charge is -2.13. The molecule has 1 aromatic carbocycles. The minimum atomic E-state index is -0.0346. The largest absolute Gasteiger partial charge is 0.507 e. The number of carbonyl (C=O) groups is 1. The van der Waals surface area contributed by atoms with E-state index in [0.717, 1.165) is 34.5 Å². The van der Waals surface area contributed by atoms with Crippen molar-refractivity contribution >= 4 is 22.9 Å². The molecule has 2 N–H and O–H groups in total. The third kappa shape index (κ3) is 2.68. The Morgan fingerprint density at radius 3 is 2.57 bits per heavy atom. The minimum absolute atomic E-state index is 0.0346. The number of phenolic OH excluding ortho intramolecular Hbond substituents is 1. The van der Waals surface area contributed by atoms with Gasteiger partial charge in [-0.25, -0.2) is 0 Å². The molecule has 0 unspecified atom stereocenters. The summed E-state index contributed by atoms with van der Waals surface area (Å²) in [6, 6.07) is 3.61. The highest BCUT2D eigenvalue weighted by molar-refractivity contribution is 7.12. The molecule has 0 aliphatic heterocycles. The summed E-state index contributed by atoms with van der Waals surface area (Å²) in [6.07, 6.45) is 4.49. The average molecular weight is 301 g/mol. The molecular weight excluding hydrogens is 282 g/mol. The van der Waals surface area contributed by atoms with Crippen molar-refractivity contribution in [3.05, 3.63) is 44.6 Å². The van der Waals surface area contributed by atoms with Crippen LogP contribution < -0.4 is 5.32 Å². The predicted octanol–water partition coefficient (Wildman–Crippen LogP) is 4.20. The first-order valence-corrected chi connectivity index (χ1v) is 8.15. The van der Waals surface area contributed by atoms with Gasteiger partial charge in [-0.05, 0) is 79.3 Å². The first kappa shape index (κ1) is 14.1. The van der Waals surface area contributed by atoms with Gasteiger partial charge in [0.25, 0.3) is 5.91 Å². The van der Waals surface area contributed by atoms with Crippen LogP contribution >= 0.6 is 11.3 Å². The molecule has 1 aliphatic rings. The van der Waals surface area contributed by atoms with Crippen LogP contribution in [0.5, 0.6) is 5.75 Å².